The Kier molecular flexibility index (Phi) is 26.6. The minimum absolute atomic E-state index is 0.0232. The maximum atomic E-state index is 14.3. The van der Waals surface area contributed by atoms with Gasteiger partial charge in [0.2, 0.25) is 47.3 Å². The van der Waals surface area contributed by atoms with Crippen molar-refractivity contribution in [1.82, 2.24) is 37.2 Å². The summed E-state index contributed by atoms with van der Waals surface area (Å²) >= 11 is 1.34. The molecule has 404 valence electrons. The smallest absolute Gasteiger partial charge is 0.481 e. The molecule has 27 heteroatoms. The van der Waals surface area contributed by atoms with Crippen LogP contribution in [0.4, 0.5) is 0 Å². The SMILES string of the molecule is CSCC[C@H](NC(=O)[C@@H](NC(=O)C(N)CCc1ccccc1)C(C)C)C(=O)N[C@@H](Cc1ccc(OP(=O)(O)O)cc1)C(=O)N[C@@H](CC(N)=O)C(=O)N[C@@H](CC(C)C)C(=O)NCC(=O)N[C@@H](CCC(=O)O)C(=O)O. The number of phosphoric ester groups is 1. The summed E-state index contributed by atoms with van der Waals surface area (Å²) < 4.78 is 16.1. The lowest BCUT2D eigenvalue weighted by molar-refractivity contribution is -0.143. The maximum Gasteiger partial charge on any atom is 0.524 e. The number of benzene rings is 2. The Bertz CT molecular complexity index is 2270. The molecule has 15 N–H and O–H groups in total. The minimum atomic E-state index is -4.96. The number of aryl methyl sites for hydroxylation is 1. The molecule has 2 aromatic carbocycles. The Balaban J connectivity index is 2.42. The van der Waals surface area contributed by atoms with E-state index in [-0.39, 0.29) is 42.9 Å². The highest BCUT2D eigenvalue weighted by Crippen LogP contribution is 2.37. The number of carboxylic acids is 2. The molecule has 2 aromatic rings. The van der Waals surface area contributed by atoms with E-state index in [2.05, 4.69) is 41.7 Å². The fourth-order valence-electron chi connectivity index (χ4n) is 6.92. The fraction of sp³-hybridized carbons (Fsp3) is 0.522. The molecule has 0 bridgehead atoms. The molecule has 0 heterocycles. The van der Waals surface area contributed by atoms with E-state index in [0.29, 0.717) is 12.2 Å². The molecule has 2 rings (SSSR count). The monoisotopic (exact) mass is 1070 g/mol. The molecular formula is C46H68N9O16PS. The van der Waals surface area contributed by atoms with Crippen LogP contribution in [0, 0.1) is 11.8 Å². The van der Waals surface area contributed by atoms with Crippen LogP contribution in [0.25, 0.3) is 0 Å². The van der Waals surface area contributed by atoms with E-state index in [1.54, 1.807) is 34.0 Å². The molecule has 0 saturated heterocycles. The second-order valence-corrected chi connectivity index (χ2v) is 19.9. The minimum Gasteiger partial charge on any atom is -0.481 e. The molecule has 0 radical (unpaired) electrons. The van der Waals surface area contributed by atoms with E-state index in [1.165, 1.54) is 36.0 Å². The molecule has 0 aliphatic carbocycles. The Hall–Kier alpha value is -6.60. The number of rotatable bonds is 33. The van der Waals surface area contributed by atoms with Gasteiger partial charge in [-0.3, -0.25) is 52.9 Å². The van der Waals surface area contributed by atoms with Crippen LogP contribution in [-0.4, -0.2) is 140 Å². The van der Waals surface area contributed by atoms with Crippen LogP contribution in [0.15, 0.2) is 54.6 Å². The number of hydrogen-bond acceptors (Lipinski definition) is 14. The lowest BCUT2D eigenvalue weighted by Gasteiger charge is -2.28. The van der Waals surface area contributed by atoms with Crippen LogP contribution < -0.4 is 53.2 Å². The van der Waals surface area contributed by atoms with Crippen LogP contribution in [0.2, 0.25) is 0 Å². The lowest BCUT2D eigenvalue weighted by Crippen LogP contribution is -2.61. The van der Waals surface area contributed by atoms with Crippen molar-refractivity contribution < 1.29 is 77.0 Å². The van der Waals surface area contributed by atoms with Crippen molar-refractivity contribution in [2.45, 2.75) is 121 Å². The molecule has 0 fully saturated rings. The quantitative estimate of drug-likeness (QED) is 0.0380. The van der Waals surface area contributed by atoms with E-state index in [0.717, 1.165) is 5.56 Å². The molecule has 0 spiro atoms. The number of amides is 8. The molecule has 0 aromatic heterocycles. The second kappa shape index (κ2) is 31.1. The van der Waals surface area contributed by atoms with Crippen molar-refractivity contribution in [2.24, 2.45) is 23.3 Å². The van der Waals surface area contributed by atoms with Crippen molar-refractivity contribution in [2.75, 3.05) is 18.6 Å². The number of carbonyl (C=O) groups excluding carboxylic acids is 8. The topological polar surface area (TPSA) is 414 Å². The standard InChI is InChI=1S/C46H68N9O16PS/c1-25(2)21-33(41(61)49-24-37(57)50-32(46(66)67)17-18-38(58)59)52-44(64)35(23-36(48)56)54-43(63)34(22-28-11-14-29(15-12-28)71-72(68,69)70)53-42(62)31(19-20-73-5)51-45(65)39(26(3)4)55-40(60)30(47)16-13-27-9-7-6-8-10-27/h6-12,14-15,25-26,30-35,39H,13,16-24,47H2,1-5H3,(H2,48,56)(H,49,61)(H,50,57)(H,51,65)(H,52,64)(H,53,62)(H,54,63)(H,55,60)(H,58,59)(H,66,67)(H2,68,69,70)/t30?,31-,32-,33-,34-,35-,39-/m0/s1. The number of carboxylic acid groups (broad SMARTS) is 2. The molecule has 0 aliphatic heterocycles. The highest BCUT2D eigenvalue weighted by molar-refractivity contribution is 7.98. The molecule has 8 amide bonds. The van der Waals surface area contributed by atoms with Crippen LogP contribution in [0.5, 0.6) is 5.75 Å². The first kappa shape index (κ1) is 62.5. The molecule has 25 nitrogen and oxygen atoms in total. The highest BCUT2D eigenvalue weighted by atomic mass is 32.2. The summed E-state index contributed by atoms with van der Waals surface area (Å²) in [6, 6.07) is 4.50. The first-order valence-electron chi connectivity index (χ1n) is 23.1. The van der Waals surface area contributed by atoms with Gasteiger partial charge in [-0.25, -0.2) is 9.36 Å². The van der Waals surface area contributed by atoms with Crippen LogP contribution in [-0.2, 0) is 65.4 Å². The van der Waals surface area contributed by atoms with E-state index in [4.69, 9.17) is 16.6 Å². The summed E-state index contributed by atoms with van der Waals surface area (Å²) in [5, 5.41) is 35.4. The summed E-state index contributed by atoms with van der Waals surface area (Å²) in [7, 11) is -4.96. The van der Waals surface area contributed by atoms with Gasteiger partial charge in [0.25, 0.3) is 0 Å². The van der Waals surface area contributed by atoms with Gasteiger partial charge in [-0.1, -0.05) is 70.2 Å². The lowest BCUT2D eigenvalue weighted by atomic mass is 10.0. The molecule has 7 atom stereocenters. The zero-order chi connectivity index (χ0) is 55.0. The predicted molar refractivity (Wildman–Crippen MR) is 266 cm³/mol. The van der Waals surface area contributed by atoms with Gasteiger partial charge in [0.1, 0.15) is 42.0 Å². The normalized spacial score (nSPS) is 14.2. The predicted octanol–water partition coefficient (Wildman–Crippen LogP) is -1.03. The van der Waals surface area contributed by atoms with Crippen molar-refractivity contribution in [3.05, 3.63) is 65.7 Å². The summed E-state index contributed by atoms with van der Waals surface area (Å²) in [5.41, 5.74) is 12.9. The second-order valence-electron chi connectivity index (χ2n) is 17.7. The summed E-state index contributed by atoms with van der Waals surface area (Å²) in [6.45, 7) is 5.95. The number of phosphoric acid groups is 1. The third-order valence-corrected chi connectivity index (χ3v) is 11.8. The molecule has 0 saturated carbocycles. The zero-order valence-electron chi connectivity index (χ0n) is 41.2. The molecular weight excluding hydrogens is 998 g/mol. The van der Waals surface area contributed by atoms with Gasteiger partial charge in [0, 0.05) is 12.8 Å². The number of nitrogens with two attached hydrogens (primary N) is 2. The van der Waals surface area contributed by atoms with Crippen molar-refractivity contribution in [3.63, 3.8) is 0 Å². The average molecular weight is 1070 g/mol. The van der Waals surface area contributed by atoms with Crippen molar-refractivity contribution in [3.8, 4) is 5.75 Å². The first-order chi connectivity index (χ1) is 34.2. The Labute approximate surface area is 426 Å². The van der Waals surface area contributed by atoms with Gasteiger partial charge >= 0.3 is 19.8 Å². The van der Waals surface area contributed by atoms with Gasteiger partial charge in [0.05, 0.1) is 19.0 Å². The van der Waals surface area contributed by atoms with E-state index in [9.17, 15) is 67.4 Å². The number of hydrogen-bond donors (Lipinski definition) is 13. The van der Waals surface area contributed by atoms with E-state index < -0.39 is 141 Å². The Morgan fingerprint density at radius 1 is 0.658 bits per heavy atom. The van der Waals surface area contributed by atoms with Crippen LogP contribution in [0.3, 0.4) is 0 Å². The van der Waals surface area contributed by atoms with Gasteiger partial charge in [-0.05, 0) is 79.2 Å². The number of primary amides is 1. The van der Waals surface area contributed by atoms with E-state index >= 15 is 0 Å². The summed E-state index contributed by atoms with van der Waals surface area (Å²) in [5.74, 6) is -10.9. The van der Waals surface area contributed by atoms with Gasteiger partial charge in [-0.2, -0.15) is 11.8 Å². The van der Waals surface area contributed by atoms with Gasteiger partial charge in [0.15, 0.2) is 0 Å². The van der Waals surface area contributed by atoms with Gasteiger partial charge in [-0.15, -0.1) is 0 Å². The fourth-order valence-corrected chi connectivity index (χ4v) is 7.79. The molecule has 73 heavy (non-hydrogen) atoms. The summed E-state index contributed by atoms with van der Waals surface area (Å²) in [4.78, 5) is 149. The van der Waals surface area contributed by atoms with Crippen molar-refractivity contribution >= 4 is 78.8 Å². The van der Waals surface area contributed by atoms with Crippen LogP contribution >= 0.6 is 19.6 Å². The highest BCUT2D eigenvalue weighted by Gasteiger charge is 2.35. The zero-order valence-corrected chi connectivity index (χ0v) is 42.9. The first-order valence-corrected chi connectivity index (χ1v) is 26.1. The largest absolute Gasteiger partial charge is 0.524 e. The number of aliphatic carboxylic acids is 2. The molecule has 0 aliphatic rings. The average Bonchev–Trinajstić information content (AvgIpc) is 3.30. The third-order valence-electron chi connectivity index (χ3n) is 10.7. The van der Waals surface area contributed by atoms with Crippen LogP contribution in [0.1, 0.15) is 77.3 Å². The third kappa shape index (κ3) is 24.6. The van der Waals surface area contributed by atoms with Gasteiger partial charge < -0.3 is 63.4 Å². The number of carbonyl (C=O) groups is 10. The number of nitrogens with one attached hydrogen (secondary N) is 7. The Morgan fingerprint density at radius 3 is 1.78 bits per heavy atom. The number of thioether (sulfide) groups is 1. The van der Waals surface area contributed by atoms with Crippen molar-refractivity contribution in [1.29, 1.82) is 0 Å². The van der Waals surface area contributed by atoms with E-state index in [1.807, 2.05) is 30.3 Å². The summed E-state index contributed by atoms with van der Waals surface area (Å²) in [6.07, 6.45) is 0.269. The maximum absolute atomic E-state index is 14.3. The molecule has 1 unspecified atom stereocenters. The Morgan fingerprint density at radius 2 is 1.23 bits per heavy atom.